The van der Waals surface area contributed by atoms with Crippen molar-refractivity contribution in [1.82, 2.24) is 5.32 Å². The number of benzene rings is 1. The second-order valence-corrected chi connectivity index (χ2v) is 4.17. The Balaban J connectivity index is 2.27. The van der Waals surface area contributed by atoms with Gasteiger partial charge in [-0.2, -0.15) is 0 Å². The summed E-state index contributed by atoms with van der Waals surface area (Å²) in [6, 6.07) is 6.80. The molecular formula is C12H16N2O2. The van der Waals surface area contributed by atoms with Crippen LogP contribution in [0.5, 0.6) is 0 Å². The molecule has 2 atom stereocenters. The van der Waals surface area contributed by atoms with E-state index in [0.29, 0.717) is 11.5 Å². The van der Waals surface area contributed by atoms with Crippen LogP contribution in [0.2, 0.25) is 0 Å². The molecule has 86 valence electrons. The zero-order valence-electron chi connectivity index (χ0n) is 9.02. The van der Waals surface area contributed by atoms with Gasteiger partial charge in [0.2, 0.25) is 0 Å². The van der Waals surface area contributed by atoms with Crippen molar-refractivity contribution in [2.75, 3.05) is 13.1 Å². The number of carboxylic acid groups (broad SMARTS) is 1. The maximum Gasteiger partial charge on any atom is 0.336 e. The fourth-order valence-electron chi connectivity index (χ4n) is 2.22. The lowest BCUT2D eigenvalue weighted by Crippen LogP contribution is -2.25. The van der Waals surface area contributed by atoms with Crippen molar-refractivity contribution in [2.24, 2.45) is 11.7 Å². The first kappa shape index (κ1) is 11.1. The van der Waals surface area contributed by atoms with Gasteiger partial charge in [-0.3, -0.25) is 0 Å². The van der Waals surface area contributed by atoms with E-state index in [2.05, 4.69) is 5.32 Å². The van der Waals surface area contributed by atoms with Crippen molar-refractivity contribution in [3.8, 4) is 0 Å². The number of aromatic carboxylic acids is 1. The molecule has 4 N–H and O–H groups in total. The third-order valence-electron chi connectivity index (χ3n) is 3.16. The number of rotatable bonds is 3. The summed E-state index contributed by atoms with van der Waals surface area (Å²) in [5.74, 6) is -0.572. The highest BCUT2D eigenvalue weighted by atomic mass is 16.4. The third-order valence-corrected chi connectivity index (χ3v) is 3.16. The number of hydrogen-bond acceptors (Lipinski definition) is 3. The van der Waals surface area contributed by atoms with Crippen molar-refractivity contribution in [3.63, 3.8) is 0 Å². The smallest absolute Gasteiger partial charge is 0.336 e. The fourth-order valence-corrected chi connectivity index (χ4v) is 2.22. The van der Waals surface area contributed by atoms with E-state index in [9.17, 15) is 4.79 Å². The van der Waals surface area contributed by atoms with Gasteiger partial charge in [-0.25, -0.2) is 4.79 Å². The van der Waals surface area contributed by atoms with Crippen molar-refractivity contribution in [1.29, 1.82) is 0 Å². The Labute approximate surface area is 94.5 Å². The van der Waals surface area contributed by atoms with Crippen LogP contribution in [0.3, 0.4) is 0 Å². The molecule has 4 nitrogen and oxygen atoms in total. The predicted octanol–water partition coefficient (Wildman–Crippen LogP) is 0.994. The van der Waals surface area contributed by atoms with E-state index in [-0.39, 0.29) is 6.04 Å². The molecule has 0 aromatic heterocycles. The van der Waals surface area contributed by atoms with E-state index in [1.165, 1.54) is 0 Å². The van der Waals surface area contributed by atoms with E-state index in [1.54, 1.807) is 12.1 Å². The lowest BCUT2D eigenvalue weighted by molar-refractivity contribution is 0.0694. The van der Waals surface area contributed by atoms with Crippen LogP contribution < -0.4 is 11.1 Å². The largest absolute Gasteiger partial charge is 0.478 e. The Bertz CT molecular complexity index is 386. The summed E-state index contributed by atoms with van der Waals surface area (Å²) >= 11 is 0. The molecule has 0 amide bonds. The van der Waals surface area contributed by atoms with Gasteiger partial charge in [-0.1, -0.05) is 18.2 Å². The molecule has 16 heavy (non-hydrogen) atoms. The van der Waals surface area contributed by atoms with Crippen LogP contribution in [-0.2, 0) is 0 Å². The molecule has 2 rings (SSSR count). The fraction of sp³-hybridized carbons (Fsp3) is 0.417. The van der Waals surface area contributed by atoms with Gasteiger partial charge in [0.05, 0.1) is 5.56 Å². The zero-order chi connectivity index (χ0) is 11.5. The Morgan fingerprint density at radius 2 is 2.25 bits per heavy atom. The van der Waals surface area contributed by atoms with Gasteiger partial charge in [-0.15, -0.1) is 0 Å². The first-order chi connectivity index (χ1) is 7.70. The quantitative estimate of drug-likeness (QED) is 0.710. The molecule has 0 aliphatic carbocycles. The summed E-state index contributed by atoms with van der Waals surface area (Å²) in [6.07, 6.45) is 1.01. The molecule has 0 bridgehead atoms. The number of nitrogens with one attached hydrogen (secondary N) is 1. The van der Waals surface area contributed by atoms with E-state index in [1.807, 2.05) is 12.1 Å². The molecule has 1 heterocycles. The molecule has 2 unspecified atom stereocenters. The molecule has 0 radical (unpaired) electrons. The lowest BCUT2D eigenvalue weighted by Gasteiger charge is -2.20. The van der Waals surface area contributed by atoms with Crippen LogP contribution >= 0.6 is 0 Å². The van der Waals surface area contributed by atoms with Crippen LogP contribution in [0.15, 0.2) is 24.3 Å². The van der Waals surface area contributed by atoms with Crippen molar-refractivity contribution >= 4 is 5.97 Å². The van der Waals surface area contributed by atoms with Crippen LogP contribution in [0.4, 0.5) is 0 Å². The molecule has 1 aromatic rings. The van der Waals surface area contributed by atoms with Crippen LogP contribution in [-0.4, -0.2) is 24.2 Å². The maximum atomic E-state index is 11.1. The molecule has 1 aromatic carbocycles. The average Bonchev–Trinajstić information content (AvgIpc) is 2.81. The van der Waals surface area contributed by atoms with Crippen molar-refractivity contribution < 1.29 is 9.90 Å². The van der Waals surface area contributed by atoms with Gasteiger partial charge in [0.25, 0.3) is 0 Å². The van der Waals surface area contributed by atoms with Crippen molar-refractivity contribution in [3.05, 3.63) is 35.4 Å². The van der Waals surface area contributed by atoms with Gasteiger partial charge in [0, 0.05) is 6.04 Å². The number of carbonyl (C=O) groups is 1. The van der Waals surface area contributed by atoms with Gasteiger partial charge < -0.3 is 16.2 Å². The normalized spacial score (nSPS) is 21.9. The van der Waals surface area contributed by atoms with E-state index >= 15 is 0 Å². The average molecular weight is 220 g/mol. The molecule has 1 saturated heterocycles. The Morgan fingerprint density at radius 3 is 2.88 bits per heavy atom. The predicted molar refractivity (Wildman–Crippen MR) is 61.3 cm³/mol. The van der Waals surface area contributed by atoms with Crippen molar-refractivity contribution in [2.45, 2.75) is 12.5 Å². The SMILES string of the molecule is NC(c1ccccc1C(=O)O)C1CCNC1. The van der Waals surface area contributed by atoms with E-state index in [4.69, 9.17) is 10.8 Å². The number of hydrogen-bond donors (Lipinski definition) is 3. The summed E-state index contributed by atoms with van der Waals surface area (Å²) in [5, 5.41) is 12.3. The summed E-state index contributed by atoms with van der Waals surface area (Å²) in [4.78, 5) is 11.1. The molecule has 1 aliphatic rings. The monoisotopic (exact) mass is 220 g/mol. The summed E-state index contributed by atoms with van der Waals surface area (Å²) < 4.78 is 0. The topological polar surface area (TPSA) is 75.4 Å². The standard InChI is InChI=1S/C12H16N2O2/c13-11(8-5-6-14-7-8)9-3-1-2-4-10(9)12(15)16/h1-4,8,11,14H,5-7,13H2,(H,15,16). The molecular weight excluding hydrogens is 204 g/mol. The minimum absolute atomic E-state index is 0.192. The summed E-state index contributed by atoms with van der Waals surface area (Å²) in [6.45, 7) is 1.84. The van der Waals surface area contributed by atoms with Gasteiger partial charge >= 0.3 is 5.97 Å². The third kappa shape index (κ3) is 2.08. The van der Waals surface area contributed by atoms with Crippen LogP contribution in [0.1, 0.15) is 28.4 Å². The lowest BCUT2D eigenvalue weighted by atomic mass is 9.90. The van der Waals surface area contributed by atoms with E-state index < -0.39 is 5.97 Å². The second kappa shape index (κ2) is 4.63. The Hall–Kier alpha value is -1.39. The van der Waals surface area contributed by atoms with Gasteiger partial charge in [-0.05, 0) is 37.1 Å². The highest BCUT2D eigenvalue weighted by Gasteiger charge is 2.25. The van der Waals surface area contributed by atoms with Crippen LogP contribution in [0.25, 0.3) is 0 Å². The molecule has 1 aliphatic heterocycles. The first-order valence-electron chi connectivity index (χ1n) is 5.48. The van der Waals surface area contributed by atoms with Gasteiger partial charge in [0.15, 0.2) is 0 Å². The first-order valence-corrected chi connectivity index (χ1v) is 5.48. The van der Waals surface area contributed by atoms with Crippen LogP contribution in [0, 0.1) is 5.92 Å². The highest BCUT2D eigenvalue weighted by molar-refractivity contribution is 5.89. The second-order valence-electron chi connectivity index (χ2n) is 4.17. The Kier molecular flexibility index (Phi) is 3.22. The molecule has 4 heteroatoms. The highest BCUT2D eigenvalue weighted by Crippen LogP contribution is 2.26. The Morgan fingerprint density at radius 1 is 1.50 bits per heavy atom. The minimum Gasteiger partial charge on any atom is -0.478 e. The summed E-state index contributed by atoms with van der Waals surface area (Å²) in [5.41, 5.74) is 7.20. The molecule has 0 saturated carbocycles. The zero-order valence-corrected chi connectivity index (χ0v) is 9.02. The summed E-state index contributed by atoms with van der Waals surface area (Å²) in [7, 11) is 0. The molecule has 1 fully saturated rings. The number of nitrogens with two attached hydrogens (primary N) is 1. The van der Waals surface area contributed by atoms with Gasteiger partial charge in [0.1, 0.15) is 0 Å². The minimum atomic E-state index is -0.906. The van der Waals surface area contributed by atoms with E-state index in [0.717, 1.165) is 25.1 Å². The molecule has 0 spiro atoms. The number of carboxylic acids is 1. The maximum absolute atomic E-state index is 11.1.